The molecule has 0 amide bonds. The molecule has 6 heteroatoms. The van der Waals surface area contributed by atoms with Crippen LogP contribution in [0.3, 0.4) is 0 Å². The molecule has 1 N–H and O–H groups in total. The van der Waals surface area contributed by atoms with Crippen molar-refractivity contribution in [2.45, 2.75) is 19.5 Å². The van der Waals surface area contributed by atoms with E-state index in [4.69, 9.17) is 0 Å². The van der Waals surface area contributed by atoms with E-state index < -0.39 is 0 Å². The van der Waals surface area contributed by atoms with Gasteiger partial charge in [-0.25, -0.2) is 4.98 Å². The highest BCUT2D eigenvalue weighted by atomic mass is 79.9. The number of hydrogen-bond donors (Lipinski definition) is 1. The van der Waals surface area contributed by atoms with Crippen molar-refractivity contribution < 1.29 is 0 Å². The molecular weight excluding hydrogens is 318 g/mol. The lowest BCUT2D eigenvalue weighted by Gasteiger charge is -2.16. The minimum absolute atomic E-state index is 0.264. The van der Waals surface area contributed by atoms with Crippen molar-refractivity contribution in [1.82, 2.24) is 19.5 Å². The van der Waals surface area contributed by atoms with Gasteiger partial charge in [-0.3, -0.25) is 9.97 Å². The van der Waals surface area contributed by atoms with Gasteiger partial charge in [0.25, 0.3) is 0 Å². The Labute approximate surface area is 125 Å². The van der Waals surface area contributed by atoms with Gasteiger partial charge in [-0.15, -0.1) is 0 Å². The lowest BCUT2D eigenvalue weighted by atomic mass is 10.2. The van der Waals surface area contributed by atoms with Gasteiger partial charge in [0.1, 0.15) is 5.52 Å². The number of pyridine rings is 2. The van der Waals surface area contributed by atoms with Crippen LogP contribution in [-0.2, 0) is 6.54 Å². The number of hydrogen-bond acceptors (Lipinski definition) is 4. The minimum Gasteiger partial charge on any atom is -0.379 e. The first kappa shape index (κ1) is 13.1. The standard InChI is InChI=1S/C14H14BrN5/c1-10(8-20-5-4-16-9-20)19-12-2-3-17-13-6-11(15)7-18-14(12)13/h2-7,9-10H,8H2,1H3,(H,17,19). The Morgan fingerprint density at radius 3 is 3.05 bits per heavy atom. The van der Waals surface area contributed by atoms with Crippen LogP contribution in [0.5, 0.6) is 0 Å². The van der Waals surface area contributed by atoms with Gasteiger partial charge in [0, 0.05) is 41.8 Å². The zero-order chi connectivity index (χ0) is 13.9. The quantitative estimate of drug-likeness (QED) is 0.798. The average molecular weight is 332 g/mol. The Balaban J connectivity index is 1.83. The zero-order valence-electron chi connectivity index (χ0n) is 11.0. The Bertz CT molecular complexity index is 711. The molecule has 1 unspecified atom stereocenters. The molecule has 0 saturated heterocycles. The van der Waals surface area contributed by atoms with E-state index in [1.165, 1.54) is 0 Å². The number of aromatic nitrogens is 4. The molecule has 0 spiro atoms. The van der Waals surface area contributed by atoms with Crippen molar-refractivity contribution >= 4 is 32.7 Å². The third kappa shape index (κ3) is 2.80. The third-order valence-electron chi connectivity index (χ3n) is 2.99. The molecule has 0 aliphatic rings. The molecule has 5 nitrogen and oxygen atoms in total. The summed E-state index contributed by atoms with van der Waals surface area (Å²) in [4.78, 5) is 12.8. The van der Waals surface area contributed by atoms with E-state index in [1.54, 1.807) is 18.6 Å². The third-order valence-corrected chi connectivity index (χ3v) is 3.42. The molecule has 3 aromatic rings. The number of fused-ring (bicyclic) bond motifs is 1. The normalized spacial score (nSPS) is 12.5. The van der Waals surface area contributed by atoms with Crippen molar-refractivity contribution in [1.29, 1.82) is 0 Å². The fourth-order valence-corrected chi connectivity index (χ4v) is 2.46. The van der Waals surface area contributed by atoms with Gasteiger partial charge in [-0.05, 0) is 35.0 Å². The van der Waals surface area contributed by atoms with Crippen molar-refractivity contribution in [3.63, 3.8) is 0 Å². The second-order valence-electron chi connectivity index (χ2n) is 4.68. The summed E-state index contributed by atoms with van der Waals surface area (Å²) in [6, 6.07) is 4.18. The van der Waals surface area contributed by atoms with Crippen LogP contribution in [0.4, 0.5) is 5.69 Å². The molecule has 3 aromatic heterocycles. The summed E-state index contributed by atoms with van der Waals surface area (Å²) >= 11 is 3.41. The van der Waals surface area contributed by atoms with Crippen molar-refractivity contribution in [3.8, 4) is 0 Å². The Morgan fingerprint density at radius 2 is 2.25 bits per heavy atom. The Kier molecular flexibility index (Phi) is 3.64. The topological polar surface area (TPSA) is 55.6 Å². The van der Waals surface area contributed by atoms with Crippen molar-refractivity contribution in [2.24, 2.45) is 0 Å². The van der Waals surface area contributed by atoms with E-state index in [9.17, 15) is 0 Å². The van der Waals surface area contributed by atoms with Gasteiger partial charge in [-0.2, -0.15) is 0 Å². The molecule has 3 rings (SSSR count). The van der Waals surface area contributed by atoms with Crippen molar-refractivity contribution in [2.75, 3.05) is 5.32 Å². The molecule has 0 aromatic carbocycles. The van der Waals surface area contributed by atoms with Crippen LogP contribution in [0.25, 0.3) is 11.0 Å². The molecule has 0 bridgehead atoms. The average Bonchev–Trinajstić information content (AvgIpc) is 2.91. The highest BCUT2D eigenvalue weighted by molar-refractivity contribution is 9.10. The van der Waals surface area contributed by atoms with E-state index in [0.29, 0.717) is 0 Å². The van der Waals surface area contributed by atoms with Gasteiger partial charge in [-0.1, -0.05) is 0 Å². The molecule has 1 atom stereocenters. The first-order valence-corrected chi connectivity index (χ1v) is 7.14. The smallest absolute Gasteiger partial charge is 0.112 e. The highest BCUT2D eigenvalue weighted by Crippen LogP contribution is 2.22. The number of rotatable bonds is 4. The highest BCUT2D eigenvalue weighted by Gasteiger charge is 2.08. The van der Waals surface area contributed by atoms with Gasteiger partial charge in [0.05, 0.1) is 17.5 Å². The Morgan fingerprint density at radius 1 is 1.35 bits per heavy atom. The molecular formula is C14H14BrN5. The van der Waals surface area contributed by atoms with Crippen LogP contribution in [-0.4, -0.2) is 25.6 Å². The van der Waals surface area contributed by atoms with Crippen LogP contribution in [0.15, 0.2) is 47.7 Å². The van der Waals surface area contributed by atoms with Crippen LogP contribution < -0.4 is 5.32 Å². The number of anilines is 1. The number of nitrogens with one attached hydrogen (secondary N) is 1. The lowest BCUT2D eigenvalue weighted by molar-refractivity contribution is 0.619. The molecule has 0 aliphatic carbocycles. The molecule has 0 fully saturated rings. The maximum absolute atomic E-state index is 4.44. The summed E-state index contributed by atoms with van der Waals surface area (Å²) in [5, 5.41) is 3.48. The summed E-state index contributed by atoms with van der Waals surface area (Å²) in [5.74, 6) is 0. The zero-order valence-corrected chi connectivity index (χ0v) is 12.6. The van der Waals surface area contributed by atoms with E-state index in [0.717, 1.165) is 27.7 Å². The van der Waals surface area contributed by atoms with Crippen LogP contribution in [0, 0.1) is 0 Å². The first-order valence-electron chi connectivity index (χ1n) is 6.35. The van der Waals surface area contributed by atoms with Gasteiger partial charge < -0.3 is 9.88 Å². The summed E-state index contributed by atoms with van der Waals surface area (Å²) in [5.41, 5.74) is 2.75. The maximum Gasteiger partial charge on any atom is 0.112 e. The summed E-state index contributed by atoms with van der Waals surface area (Å²) < 4.78 is 2.98. The van der Waals surface area contributed by atoms with Crippen molar-refractivity contribution in [3.05, 3.63) is 47.7 Å². The fraction of sp³-hybridized carbons (Fsp3) is 0.214. The first-order chi connectivity index (χ1) is 9.72. The van der Waals surface area contributed by atoms with E-state index >= 15 is 0 Å². The number of nitrogens with zero attached hydrogens (tertiary/aromatic N) is 4. The summed E-state index contributed by atoms with van der Waals surface area (Å²) in [6.45, 7) is 2.98. The van der Waals surface area contributed by atoms with E-state index in [2.05, 4.69) is 43.1 Å². The monoisotopic (exact) mass is 331 g/mol. The van der Waals surface area contributed by atoms with Crippen LogP contribution >= 0.6 is 15.9 Å². The lowest BCUT2D eigenvalue weighted by Crippen LogP contribution is -2.21. The molecule has 102 valence electrons. The summed E-state index contributed by atoms with van der Waals surface area (Å²) in [7, 11) is 0. The Hall–Kier alpha value is -1.95. The van der Waals surface area contributed by atoms with E-state index in [-0.39, 0.29) is 6.04 Å². The largest absolute Gasteiger partial charge is 0.379 e. The molecule has 0 saturated carbocycles. The second-order valence-corrected chi connectivity index (χ2v) is 5.60. The SMILES string of the molecule is CC(Cn1ccnc1)Nc1ccnc2cc(Br)cnc12. The van der Waals surface area contributed by atoms with Crippen LogP contribution in [0.1, 0.15) is 6.92 Å². The molecule has 3 heterocycles. The van der Waals surface area contributed by atoms with E-state index in [1.807, 2.05) is 29.2 Å². The fourth-order valence-electron chi connectivity index (χ4n) is 2.14. The van der Waals surface area contributed by atoms with Gasteiger partial charge in [0.15, 0.2) is 0 Å². The van der Waals surface area contributed by atoms with Gasteiger partial charge >= 0.3 is 0 Å². The number of imidazole rings is 1. The van der Waals surface area contributed by atoms with Gasteiger partial charge in [0.2, 0.25) is 0 Å². The molecule has 0 aliphatic heterocycles. The molecule has 0 radical (unpaired) electrons. The van der Waals surface area contributed by atoms with Crippen LogP contribution in [0.2, 0.25) is 0 Å². The maximum atomic E-state index is 4.44. The minimum atomic E-state index is 0.264. The molecule has 20 heavy (non-hydrogen) atoms. The predicted octanol–water partition coefficient (Wildman–Crippen LogP) is 3.09. The second kappa shape index (κ2) is 5.58. The predicted molar refractivity (Wildman–Crippen MR) is 82.5 cm³/mol. The number of halogens is 1. The summed E-state index contributed by atoms with van der Waals surface area (Å²) in [6.07, 6.45) is 9.14.